The molecule has 2 N–H and O–H groups in total. The minimum absolute atomic E-state index is 0.0607. The molecule has 0 heterocycles. The first-order valence-electron chi connectivity index (χ1n) is 12.2. The van der Waals surface area contributed by atoms with Gasteiger partial charge in [0.05, 0.1) is 6.10 Å². The minimum Gasteiger partial charge on any atom is -0.481 e. The molecule has 4 fully saturated rings. The van der Waals surface area contributed by atoms with Crippen LogP contribution in [-0.2, 0) is 4.79 Å². The van der Waals surface area contributed by atoms with Gasteiger partial charge >= 0.3 is 5.97 Å². The van der Waals surface area contributed by atoms with Gasteiger partial charge in [-0.3, -0.25) is 4.79 Å². The highest BCUT2D eigenvalue weighted by molar-refractivity contribution is 5.66. The van der Waals surface area contributed by atoms with Gasteiger partial charge in [-0.1, -0.05) is 27.2 Å². The largest absolute Gasteiger partial charge is 0.481 e. The van der Waals surface area contributed by atoms with Crippen LogP contribution in [0.5, 0.6) is 0 Å². The molecule has 3 nitrogen and oxygen atoms in total. The van der Waals surface area contributed by atoms with Crippen molar-refractivity contribution in [2.45, 2.75) is 104 Å². The van der Waals surface area contributed by atoms with Gasteiger partial charge in [0.25, 0.3) is 0 Å². The van der Waals surface area contributed by atoms with Gasteiger partial charge in [0.15, 0.2) is 0 Å². The Morgan fingerprint density at radius 2 is 1.71 bits per heavy atom. The predicted octanol–water partition coefficient (Wildman–Crippen LogP) is 5.90. The third-order valence-corrected chi connectivity index (χ3v) is 10.5. The number of hydrogen-bond donors (Lipinski definition) is 2. The lowest BCUT2D eigenvalue weighted by atomic mass is 9.49. The van der Waals surface area contributed by atoms with Crippen LogP contribution >= 0.6 is 0 Å². The first-order valence-corrected chi connectivity index (χ1v) is 12.2. The van der Waals surface area contributed by atoms with Crippen molar-refractivity contribution in [2.24, 2.45) is 46.3 Å². The van der Waals surface area contributed by atoms with Crippen LogP contribution < -0.4 is 0 Å². The van der Waals surface area contributed by atoms with E-state index in [0.29, 0.717) is 29.1 Å². The second-order valence-corrected chi connectivity index (χ2v) is 11.6. The molecule has 0 aromatic rings. The van der Waals surface area contributed by atoms with Crippen LogP contribution in [0.25, 0.3) is 0 Å². The highest BCUT2D eigenvalue weighted by atomic mass is 16.4. The third-order valence-electron chi connectivity index (χ3n) is 10.5. The maximum atomic E-state index is 11.1. The lowest BCUT2D eigenvalue weighted by molar-refractivity contribution is -0.137. The Balaban J connectivity index is 1.54. The molecule has 0 saturated heterocycles. The van der Waals surface area contributed by atoms with Crippen LogP contribution in [0.3, 0.4) is 0 Å². The van der Waals surface area contributed by atoms with E-state index in [9.17, 15) is 9.90 Å². The van der Waals surface area contributed by atoms with E-state index in [1.807, 2.05) is 0 Å². The van der Waals surface area contributed by atoms with Crippen molar-refractivity contribution in [3.05, 3.63) is 0 Å². The van der Waals surface area contributed by atoms with Crippen LogP contribution in [0.2, 0.25) is 0 Å². The highest BCUT2D eigenvalue weighted by Crippen LogP contribution is 2.67. The molecule has 9 atom stereocenters. The number of fused-ring (bicyclic) bond motifs is 5. The summed E-state index contributed by atoms with van der Waals surface area (Å²) < 4.78 is 0. The van der Waals surface area contributed by atoms with Crippen LogP contribution in [0.1, 0.15) is 97.8 Å². The molecule has 4 saturated carbocycles. The molecule has 160 valence electrons. The lowest BCUT2D eigenvalue weighted by Crippen LogP contribution is -2.50. The molecule has 28 heavy (non-hydrogen) atoms. The maximum absolute atomic E-state index is 11.1. The molecule has 0 bridgehead atoms. The normalized spacial score (nSPS) is 49.4. The molecule has 0 amide bonds. The standard InChI is InChI=1S/C25H42O3/c1-16(7-10-23(27)28)20-8-9-21-19-6-4-5-17-15-18(26)11-13-24(17,2)22(19)12-14-25(20,21)3/h16-22,26H,4-15H2,1-3H3,(H,27,28)/t16-,17-,18-,19+,20-,21?,22?,24+,25-/m1/s1. The quantitative estimate of drug-likeness (QED) is 0.628. The molecule has 0 aliphatic heterocycles. The Morgan fingerprint density at radius 1 is 1.00 bits per heavy atom. The SMILES string of the molecule is C[C@H](CCC(=O)O)[C@H]1CCC2[C@@H]3CCC[C@@H]4C[C@H](O)CC[C@]4(C)C3CC[C@@]21C. The number of rotatable bonds is 4. The smallest absolute Gasteiger partial charge is 0.303 e. The van der Waals surface area contributed by atoms with Gasteiger partial charge in [0, 0.05) is 6.42 Å². The van der Waals surface area contributed by atoms with E-state index in [1.54, 1.807) is 0 Å². The minimum atomic E-state index is -0.641. The maximum Gasteiger partial charge on any atom is 0.303 e. The van der Waals surface area contributed by atoms with Crippen molar-refractivity contribution in [1.82, 2.24) is 0 Å². The fraction of sp³-hybridized carbons (Fsp3) is 0.960. The highest BCUT2D eigenvalue weighted by Gasteiger charge is 2.59. The van der Waals surface area contributed by atoms with Crippen molar-refractivity contribution in [3.8, 4) is 0 Å². The Hall–Kier alpha value is -0.570. The molecular formula is C25H42O3. The molecule has 0 aromatic heterocycles. The fourth-order valence-electron chi connectivity index (χ4n) is 8.97. The Bertz CT molecular complexity index is 588. The third kappa shape index (κ3) is 3.34. The summed E-state index contributed by atoms with van der Waals surface area (Å²) in [6, 6.07) is 0. The van der Waals surface area contributed by atoms with E-state index in [-0.39, 0.29) is 6.10 Å². The second-order valence-electron chi connectivity index (χ2n) is 11.6. The van der Waals surface area contributed by atoms with E-state index in [4.69, 9.17) is 5.11 Å². The zero-order valence-corrected chi connectivity index (χ0v) is 18.3. The van der Waals surface area contributed by atoms with Gasteiger partial charge in [-0.15, -0.1) is 0 Å². The van der Waals surface area contributed by atoms with Crippen LogP contribution in [0, 0.1) is 46.3 Å². The van der Waals surface area contributed by atoms with Crippen molar-refractivity contribution < 1.29 is 15.0 Å². The summed E-state index contributed by atoms with van der Waals surface area (Å²) in [4.78, 5) is 11.1. The van der Waals surface area contributed by atoms with Gasteiger partial charge in [0.2, 0.25) is 0 Å². The van der Waals surface area contributed by atoms with E-state index in [2.05, 4.69) is 20.8 Å². The predicted molar refractivity (Wildman–Crippen MR) is 112 cm³/mol. The zero-order chi connectivity index (χ0) is 20.1. The number of carboxylic acids is 1. The van der Waals surface area contributed by atoms with Gasteiger partial charge < -0.3 is 10.2 Å². The molecule has 0 aromatic carbocycles. The molecule has 3 heteroatoms. The average molecular weight is 391 g/mol. The number of aliphatic carboxylic acids is 1. The molecule has 4 aliphatic rings. The van der Waals surface area contributed by atoms with Crippen LogP contribution in [-0.4, -0.2) is 22.3 Å². The van der Waals surface area contributed by atoms with Gasteiger partial charge in [-0.05, 0) is 111 Å². The average Bonchev–Trinajstić information content (AvgIpc) is 2.92. The summed E-state index contributed by atoms with van der Waals surface area (Å²) in [7, 11) is 0. The van der Waals surface area contributed by atoms with E-state index < -0.39 is 5.97 Å². The number of aliphatic hydroxyl groups excluding tert-OH is 1. The molecule has 0 spiro atoms. The molecule has 0 radical (unpaired) electrons. The summed E-state index contributed by atoms with van der Waals surface area (Å²) in [5, 5.41) is 19.4. The summed E-state index contributed by atoms with van der Waals surface area (Å²) in [6.07, 6.45) is 13.8. The number of carboxylic acid groups (broad SMARTS) is 1. The molecule has 4 aliphatic carbocycles. The Morgan fingerprint density at radius 3 is 2.46 bits per heavy atom. The summed E-state index contributed by atoms with van der Waals surface area (Å²) >= 11 is 0. The van der Waals surface area contributed by atoms with Crippen LogP contribution in [0.15, 0.2) is 0 Å². The topological polar surface area (TPSA) is 57.5 Å². The van der Waals surface area contributed by atoms with Gasteiger partial charge in [-0.2, -0.15) is 0 Å². The lowest BCUT2D eigenvalue weighted by Gasteiger charge is -2.56. The summed E-state index contributed by atoms with van der Waals surface area (Å²) in [5.41, 5.74) is 0.859. The van der Waals surface area contributed by atoms with E-state index in [0.717, 1.165) is 42.9 Å². The van der Waals surface area contributed by atoms with Crippen molar-refractivity contribution in [2.75, 3.05) is 0 Å². The van der Waals surface area contributed by atoms with Gasteiger partial charge in [0.1, 0.15) is 0 Å². The Kier molecular flexibility index (Phi) is 5.61. The first-order chi connectivity index (χ1) is 13.3. The number of carbonyl (C=O) groups is 1. The van der Waals surface area contributed by atoms with Crippen LogP contribution in [0.4, 0.5) is 0 Å². The fourth-order valence-corrected chi connectivity index (χ4v) is 8.97. The summed E-state index contributed by atoms with van der Waals surface area (Å²) in [5.74, 6) is 3.87. The van der Waals surface area contributed by atoms with E-state index >= 15 is 0 Å². The summed E-state index contributed by atoms with van der Waals surface area (Å²) in [6.45, 7) is 7.47. The Labute approximate surface area is 171 Å². The molecular weight excluding hydrogens is 348 g/mol. The molecule has 4 rings (SSSR count). The molecule has 2 unspecified atom stereocenters. The second kappa shape index (κ2) is 7.60. The number of aliphatic hydroxyl groups is 1. The van der Waals surface area contributed by atoms with Gasteiger partial charge in [-0.25, -0.2) is 0 Å². The first kappa shape index (κ1) is 20.7. The van der Waals surface area contributed by atoms with Crippen molar-refractivity contribution >= 4 is 5.97 Å². The van der Waals surface area contributed by atoms with Crippen molar-refractivity contribution in [1.29, 1.82) is 0 Å². The number of hydrogen-bond acceptors (Lipinski definition) is 2. The zero-order valence-electron chi connectivity index (χ0n) is 18.3. The van der Waals surface area contributed by atoms with E-state index in [1.165, 1.54) is 51.4 Å². The monoisotopic (exact) mass is 390 g/mol. The van der Waals surface area contributed by atoms with Crippen molar-refractivity contribution in [3.63, 3.8) is 0 Å².